The zero-order valence-electron chi connectivity index (χ0n) is 14.9. The Morgan fingerprint density at radius 2 is 1.50 bits per heavy atom. The maximum atomic E-state index is 11.4. The predicted octanol–water partition coefficient (Wildman–Crippen LogP) is 1.87. The molecule has 1 rings (SSSR count). The number of carbonyl (C=O) groups is 2. The number of para-hydroxylation sites is 2. The number of hydrogen-bond acceptors (Lipinski definition) is 7. The number of ether oxygens (including phenoxy) is 4. The van der Waals surface area contributed by atoms with Crippen LogP contribution in [0.15, 0.2) is 24.3 Å². The van der Waals surface area contributed by atoms with E-state index in [1.165, 1.54) is 0 Å². The van der Waals surface area contributed by atoms with E-state index >= 15 is 0 Å². The Hall–Kier alpha value is -2.32. The minimum absolute atomic E-state index is 0.0696. The molecular weight excluding hydrogens is 342 g/mol. The summed E-state index contributed by atoms with van der Waals surface area (Å²) in [4.78, 5) is 21.7. The second-order valence-electron chi connectivity index (χ2n) is 5.43. The molecule has 8 heteroatoms. The van der Waals surface area contributed by atoms with Crippen molar-refractivity contribution in [2.45, 2.75) is 25.7 Å². The molecule has 0 aliphatic rings. The van der Waals surface area contributed by atoms with E-state index in [0.29, 0.717) is 57.3 Å². The molecule has 0 saturated carbocycles. The van der Waals surface area contributed by atoms with E-state index in [4.69, 9.17) is 29.8 Å². The highest BCUT2D eigenvalue weighted by atomic mass is 16.6. The van der Waals surface area contributed by atoms with Gasteiger partial charge >= 0.3 is 11.9 Å². The van der Waals surface area contributed by atoms with Crippen LogP contribution in [0.4, 0.5) is 5.69 Å². The Morgan fingerprint density at radius 3 is 2.19 bits per heavy atom. The first-order valence-electron chi connectivity index (χ1n) is 8.60. The van der Waals surface area contributed by atoms with E-state index in [0.717, 1.165) is 0 Å². The fourth-order valence-electron chi connectivity index (χ4n) is 1.98. The summed E-state index contributed by atoms with van der Waals surface area (Å²) in [6, 6.07) is 7.26. The number of carboxylic acid groups (broad SMARTS) is 1. The van der Waals surface area contributed by atoms with Gasteiger partial charge < -0.3 is 29.8 Å². The van der Waals surface area contributed by atoms with Crippen molar-refractivity contribution in [3.05, 3.63) is 24.3 Å². The lowest BCUT2D eigenvalue weighted by molar-refractivity contribution is -0.146. The minimum Gasteiger partial charge on any atom is -0.489 e. The third kappa shape index (κ3) is 11.3. The van der Waals surface area contributed by atoms with Crippen molar-refractivity contribution in [3.63, 3.8) is 0 Å². The molecule has 146 valence electrons. The van der Waals surface area contributed by atoms with E-state index < -0.39 is 5.97 Å². The molecule has 0 saturated heterocycles. The topological polar surface area (TPSA) is 117 Å². The molecule has 3 N–H and O–H groups in total. The van der Waals surface area contributed by atoms with Crippen molar-refractivity contribution in [1.29, 1.82) is 0 Å². The van der Waals surface area contributed by atoms with Crippen LogP contribution in [-0.4, -0.2) is 56.7 Å². The lowest BCUT2D eigenvalue weighted by Gasteiger charge is -2.09. The highest BCUT2D eigenvalue weighted by molar-refractivity contribution is 5.69. The number of carbonyl (C=O) groups excluding carboxylic acids is 1. The van der Waals surface area contributed by atoms with Crippen molar-refractivity contribution in [2.75, 3.05) is 45.4 Å². The van der Waals surface area contributed by atoms with Crippen LogP contribution in [-0.2, 0) is 23.8 Å². The van der Waals surface area contributed by atoms with Gasteiger partial charge in [-0.1, -0.05) is 12.1 Å². The Balaban J connectivity index is 1.85. The highest BCUT2D eigenvalue weighted by Gasteiger charge is 2.04. The van der Waals surface area contributed by atoms with Gasteiger partial charge in [0.1, 0.15) is 19.0 Å². The number of rotatable bonds is 15. The van der Waals surface area contributed by atoms with E-state index in [1.54, 1.807) is 12.1 Å². The highest BCUT2D eigenvalue weighted by Crippen LogP contribution is 2.19. The molecule has 0 aliphatic carbocycles. The van der Waals surface area contributed by atoms with E-state index in [9.17, 15) is 9.59 Å². The number of unbranched alkanes of at least 4 members (excludes halogenated alkanes) is 1. The monoisotopic (exact) mass is 369 g/mol. The number of aliphatic carboxylic acids is 1. The third-order valence-corrected chi connectivity index (χ3v) is 3.29. The van der Waals surface area contributed by atoms with Gasteiger partial charge in [-0.05, 0) is 25.0 Å². The zero-order valence-corrected chi connectivity index (χ0v) is 14.9. The van der Waals surface area contributed by atoms with Gasteiger partial charge in [-0.15, -0.1) is 0 Å². The average molecular weight is 369 g/mol. The SMILES string of the molecule is Nc1ccccc1OCCOCCOCCOC(=O)CCCCC(=O)O. The van der Waals surface area contributed by atoms with E-state index in [2.05, 4.69) is 0 Å². The fourth-order valence-corrected chi connectivity index (χ4v) is 1.98. The summed E-state index contributed by atoms with van der Waals surface area (Å²) in [6.07, 6.45) is 1.28. The molecule has 26 heavy (non-hydrogen) atoms. The molecule has 8 nitrogen and oxygen atoms in total. The molecule has 0 heterocycles. The second-order valence-corrected chi connectivity index (χ2v) is 5.43. The Kier molecular flexibility index (Phi) is 11.6. The summed E-state index contributed by atoms with van der Waals surface area (Å²) in [5, 5.41) is 8.48. The number of carboxylic acids is 1. The van der Waals surface area contributed by atoms with Crippen LogP contribution in [0.5, 0.6) is 5.75 Å². The number of benzene rings is 1. The molecule has 0 radical (unpaired) electrons. The summed E-state index contributed by atoms with van der Waals surface area (Å²) in [5.74, 6) is -0.561. The fraction of sp³-hybridized carbons (Fsp3) is 0.556. The van der Waals surface area contributed by atoms with Crippen LogP contribution >= 0.6 is 0 Å². The van der Waals surface area contributed by atoms with Crippen LogP contribution in [0.3, 0.4) is 0 Å². The predicted molar refractivity (Wildman–Crippen MR) is 95.1 cm³/mol. The molecule has 1 aromatic rings. The summed E-state index contributed by atoms with van der Waals surface area (Å²) < 4.78 is 21.1. The van der Waals surface area contributed by atoms with Crippen molar-refractivity contribution in [1.82, 2.24) is 0 Å². The molecule has 0 bridgehead atoms. The number of esters is 1. The molecular formula is C18H27NO7. The van der Waals surface area contributed by atoms with Crippen molar-refractivity contribution >= 4 is 17.6 Å². The van der Waals surface area contributed by atoms with Crippen molar-refractivity contribution in [3.8, 4) is 5.75 Å². The van der Waals surface area contributed by atoms with Gasteiger partial charge in [0, 0.05) is 12.8 Å². The van der Waals surface area contributed by atoms with Gasteiger partial charge in [0.05, 0.1) is 32.1 Å². The summed E-state index contributed by atoms with van der Waals surface area (Å²) in [6.45, 7) is 2.09. The van der Waals surface area contributed by atoms with Gasteiger partial charge in [-0.25, -0.2) is 0 Å². The summed E-state index contributed by atoms with van der Waals surface area (Å²) in [5.41, 5.74) is 6.34. The lowest BCUT2D eigenvalue weighted by Crippen LogP contribution is -2.14. The normalized spacial score (nSPS) is 10.5. The molecule has 0 aliphatic heterocycles. The first-order chi connectivity index (χ1) is 12.6. The molecule has 0 aromatic heterocycles. The lowest BCUT2D eigenvalue weighted by atomic mass is 10.2. The number of anilines is 1. The maximum absolute atomic E-state index is 11.4. The first kappa shape index (κ1) is 21.7. The van der Waals surface area contributed by atoms with Crippen LogP contribution in [0.2, 0.25) is 0 Å². The average Bonchev–Trinajstić information content (AvgIpc) is 2.61. The number of nitrogens with two attached hydrogens (primary N) is 1. The molecule has 0 spiro atoms. The number of hydrogen-bond donors (Lipinski definition) is 2. The van der Waals surface area contributed by atoms with E-state index in [1.807, 2.05) is 12.1 Å². The quantitative estimate of drug-likeness (QED) is 0.273. The summed E-state index contributed by atoms with van der Waals surface area (Å²) in [7, 11) is 0. The maximum Gasteiger partial charge on any atom is 0.305 e. The van der Waals surface area contributed by atoms with E-state index in [-0.39, 0.29) is 25.4 Å². The van der Waals surface area contributed by atoms with Gasteiger partial charge in [-0.2, -0.15) is 0 Å². The largest absolute Gasteiger partial charge is 0.489 e. The summed E-state index contributed by atoms with van der Waals surface area (Å²) >= 11 is 0. The van der Waals surface area contributed by atoms with Gasteiger partial charge in [0.15, 0.2) is 0 Å². The minimum atomic E-state index is -0.857. The van der Waals surface area contributed by atoms with Gasteiger partial charge in [0.25, 0.3) is 0 Å². The third-order valence-electron chi connectivity index (χ3n) is 3.29. The zero-order chi connectivity index (χ0) is 19.0. The molecule has 0 atom stereocenters. The Bertz CT molecular complexity index is 536. The van der Waals surface area contributed by atoms with Crippen LogP contribution in [0.25, 0.3) is 0 Å². The first-order valence-corrected chi connectivity index (χ1v) is 8.60. The van der Waals surface area contributed by atoms with Gasteiger partial charge in [-0.3, -0.25) is 9.59 Å². The molecule has 0 unspecified atom stereocenters. The molecule has 0 fully saturated rings. The number of nitrogen functional groups attached to an aromatic ring is 1. The van der Waals surface area contributed by atoms with Crippen molar-refractivity contribution < 1.29 is 33.6 Å². The van der Waals surface area contributed by atoms with Gasteiger partial charge in [0.2, 0.25) is 0 Å². The standard InChI is InChI=1S/C18H27NO7/c19-15-5-1-2-6-16(15)25-13-11-23-9-10-24-12-14-26-18(22)8-4-3-7-17(20)21/h1-2,5-6H,3-4,7-14,19H2,(H,20,21). The van der Waals surface area contributed by atoms with Crippen LogP contribution < -0.4 is 10.5 Å². The second kappa shape index (κ2) is 13.9. The molecule has 0 amide bonds. The smallest absolute Gasteiger partial charge is 0.305 e. The van der Waals surface area contributed by atoms with Crippen molar-refractivity contribution in [2.24, 2.45) is 0 Å². The Labute approximate surface area is 153 Å². The van der Waals surface area contributed by atoms with Crippen LogP contribution in [0, 0.1) is 0 Å². The van der Waals surface area contributed by atoms with Crippen LogP contribution in [0.1, 0.15) is 25.7 Å². The molecule has 1 aromatic carbocycles. The Morgan fingerprint density at radius 1 is 0.885 bits per heavy atom.